The van der Waals surface area contributed by atoms with Crippen LogP contribution in [0.3, 0.4) is 0 Å². The number of ether oxygens (including phenoxy) is 1. The smallest absolute Gasteiger partial charge is 0.337 e. The number of carbonyl (C=O) groups is 2. The van der Waals surface area contributed by atoms with Crippen LogP contribution < -0.4 is 10.6 Å². The topological polar surface area (TPSA) is 70.7 Å². The van der Waals surface area contributed by atoms with Crippen LogP contribution >= 0.6 is 0 Å². The van der Waals surface area contributed by atoms with Crippen molar-refractivity contribution in [2.45, 2.75) is 19.8 Å². The Morgan fingerprint density at radius 1 is 1.39 bits per heavy atom. The van der Waals surface area contributed by atoms with Gasteiger partial charge in [-0.05, 0) is 32.9 Å². The van der Waals surface area contributed by atoms with Gasteiger partial charge in [0.1, 0.15) is 0 Å². The van der Waals surface area contributed by atoms with E-state index in [0.717, 1.165) is 13.1 Å². The molecule has 0 aromatic heterocycles. The Bertz CT molecular complexity index is 373. The Morgan fingerprint density at radius 2 is 2.11 bits per heavy atom. The predicted octanol–water partition coefficient (Wildman–Crippen LogP) is 0.212. The highest BCUT2D eigenvalue weighted by Crippen LogP contribution is 2.13. The average molecular weight is 253 g/mol. The largest absolute Gasteiger partial charge is 0.463 e. The molecule has 2 amide bonds. The number of likely N-dealkylation sites (tertiary alicyclic amines) is 1. The number of carbonyl (C=O) groups excluding carboxylic acids is 2. The molecule has 6 nitrogen and oxygen atoms in total. The van der Waals surface area contributed by atoms with E-state index in [2.05, 4.69) is 15.5 Å². The molecule has 2 rings (SSSR count). The molecule has 0 spiro atoms. The van der Waals surface area contributed by atoms with Crippen molar-refractivity contribution in [3.8, 4) is 0 Å². The van der Waals surface area contributed by atoms with Crippen LogP contribution in [0.2, 0.25) is 0 Å². The van der Waals surface area contributed by atoms with Crippen LogP contribution in [-0.2, 0) is 9.53 Å². The maximum absolute atomic E-state index is 11.8. The zero-order valence-electron chi connectivity index (χ0n) is 10.6. The molecule has 0 saturated carbocycles. The summed E-state index contributed by atoms with van der Waals surface area (Å²) in [5.74, 6) is -0.348. The van der Waals surface area contributed by atoms with E-state index in [1.165, 1.54) is 12.8 Å². The third-order valence-corrected chi connectivity index (χ3v) is 3.16. The number of rotatable bonds is 4. The van der Waals surface area contributed by atoms with Crippen molar-refractivity contribution in [2.24, 2.45) is 0 Å². The van der Waals surface area contributed by atoms with Crippen molar-refractivity contribution in [3.63, 3.8) is 0 Å². The van der Waals surface area contributed by atoms with Crippen molar-refractivity contribution >= 4 is 12.0 Å². The van der Waals surface area contributed by atoms with Crippen molar-refractivity contribution in [2.75, 3.05) is 32.8 Å². The van der Waals surface area contributed by atoms with Crippen LogP contribution in [0.4, 0.5) is 4.79 Å². The molecule has 6 heteroatoms. The second-order valence-electron chi connectivity index (χ2n) is 4.47. The second-order valence-corrected chi connectivity index (χ2v) is 4.47. The number of esters is 1. The van der Waals surface area contributed by atoms with E-state index in [0.29, 0.717) is 24.4 Å². The normalized spacial score (nSPS) is 20.6. The number of amides is 2. The van der Waals surface area contributed by atoms with Gasteiger partial charge in [-0.1, -0.05) is 0 Å². The van der Waals surface area contributed by atoms with Gasteiger partial charge in [0.25, 0.3) is 0 Å². The first kappa shape index (κ1) is 12.9. The fourth-order valence-corrected chi connectivity index (χ4v) is 2.24. The highest BCUT2D eigenvalue weighted by molar-refractivity contribution is 5.93. The van der Waals surface area contributed by atoms with E-state index in [9.17, 15) is 9.59 Å². The molecule has 0 atom stereocenters. The van der Waals surface area contributed by atoms with Gasteiger partial charge < -0.3 is 15.4 Å². The van der Waals surface area contributed by atoms with Crippen LogP contribution in [-0.4, -0.2) is 49.7 Å². The van der Waals surface area contributed by atoms with Gasteiger partial charge in [0.05, 0.1) is 18.7 Å². The molecule has 2 aliphatic heterocycles. The van der Waals surface area contributed by atoms with Gasteiger partial charge in [-0.25, -0.2) is 9.59 Å². The molecule has 1 fully saturated rings. The molecule has 2 heterocycles. The second kappa shape index (κ2) is 5.86. The SMILES string of the molecule is CCOC(=O)C1=C(CN2CCCC2)NC(=O)NC1. The minimum absolute atomic E-state index is 0.244. The highest BCUT2D eigenvalue weighted by Gasteiger charge is 2.25. The predicted molar refractivity (Wildman–Crippen MR) is 65.9 cm³/mol. The lowest BCUT2D eigenvalue weighted by molar-refractivity contribution is -0.138. The molecule has 2 N–H and O–H groups in total. The quantitative estimate of drug-likeness (QED) is 0.703. The van der Waals surface area contributed by atoms with E-state index >= 15 is 0 Å². The maximum atomic E-state index is 11.8. The van der Waals surface area contributed by atoms with Crippen molar-refractivity contribution in [3.05, 3.63) is 11.3 Å². The first-order valence-corrected chi connectivity index (χ1v) is 6.37. The molecule has 18 heavy (non-hydrogen) atoms. The molecular formula is C12H19N3O3. The van der Waals surface area contributed by atoms with Gasteiger partial charge in [-0.3, -0.25) is 4.90 Å². The van der Waals surface area contributed by atoms with E-state index in [-0.39, 0.29) is 18.5 Å². The fourth-order valence-electron chi connectivity index (χ4n) is 2.24. The first-order chi connectivity index (χ1) is 8.70. The van der Waals surface area contributed by atoms with Crippen molar-refractivity contribution in [1.29, 1.82) is 0 Å². The van der Waals surface area contributed by atoms with Crippen LogP contribution in [0.5, 0.6) is 0 Å². The van der Waals surface area contributed by atoms with Gasteiger partial charge >= 0.3 is 12.0 Å². The molecule has 0 aromatic rings. The van der Waals surface area contributed by atoms with Crippen LogP contribution in [0, 0.1) is 0 Å². The Hall–Kier alpha value is -1.56. The number of hydrogen-bond donors (Lipinski definition) is 2. The molecule has 2 aliphatic rings. The lowest BCUT2D eigenvalue weighted by Gasteiger charge is -2.24. The maximum Gasteiger partial charge on any atom is 0.337 e. The van der Waals surface area contributed by atoms with E-state index < -0.39 is 0 Å². The van der Waals surface area contributed by atoms with Gasteiger partial charge in [0.15, 0.2) is 0 Å². The Labute approximate surface area is 106 Å². The summed E-state index contributed by atoms with van der Waals surface area (Å²) in [5.41, 5.74) is 1.21. The zero-order valence-corrected chi connectivity index (χ0v) is 10.6. The first-order valence-electron chi connectivity index (χ1n) is 6.37. The summed E-state index contributed by atoms with van der Waals surface area (Å²) in [6.07, 6.45) is 2.35. The summed E-state index contributed by atoms with van der Waals surface area (Å²) in [5, 5.41) is 5.32. The number of nitrogens with one attached hydrogen (secondary N) is 2. The highest BCUT2D eigenvalue weighted by atomic mass is 16.5. The lowest BCUT2D eigenvalue weighted by Crippen LogP contribution is -2.46. The molecule has 0 radical (unpaired) electrons. The number of urea groups is 1. The van der Waals surface area contributed by atoms with Crippen LogP contribution in [0.25, 0.3) is 0 Å². The van der Waals surface area contributed by atoms with Gasteiger partial charge in [0.2, 0.25) is 0 Å². The van der Waals surface area contributed by atoms with Crippen molar-refractivity contribution < 1.29 is 14.3 Å². The van der Waals surface area contributed by atoms with Gasteiger partial charge in [0, 0.05) is 12.2 Å². The van der Waals surface area contributed by atoms with E-state index in [4.69, 9.17) is 4.74 Å². The Morgan fingerprint density at radius 3 is 2.78 bits per heavy atom. The monoisotopic (exact) mass is 253 g/mol. The molecule has 1 saturated heterocycles. The minimum atomic E-state index is -0.348. The summed E-state index contributed by atoms with van der Waals surface area (Å²) >= 11 is 0. The number of nitrogens with zero attached hydrogens (tertiary/aromatic N) is 1. The Balaban J connectivity index is 2.11. The van der Waals surface area contributed by atoms with Crippen LogP contribution in [0.1, 0.15) is 19.8 Å². The molecule has 0 unspecified atom stereocenters. The van der Waals surface area contributed by atoms with E-state index in [1.54, 1.807) is 6.92 Å². The summed E-state index contributed by atoms with van der Waals surface area (Å²) in [6.45, 7) is 5.00. The molecule has 0 aromatic carbocycles. The summed E-state index contributed by atoms with van der Waals surface area (Å²) in [7, 11) is 0. The minimum Gasteiger partial charge on any atom is -0.463 e. The molecule has 100 valence electrons. The lowest BCUT2D eigenvalue weighted by atomic mass is 10.1. The summed E-state index contributed by atoms with van der Waals surface area (Å²) in [4.78, 5) is 25.4. The van der Waals surface area contributed by atoms with Crippen molar-refractivity contribution in [1.82, 2.24) is 15.5 Å². The third-order valence-electron chi connectivity index (χ3n) is 3.16. The Kier molecular flexibility index (Phi) is 4.19. The van der Waals surface area contributed by atoms with E-state index in [1.807, 2.05) is 0 Å². The zero-order chi connectivity index (χ0) is 13.0. The summed E-state index contributed by atoms with van der Waals surface area (Å²) in [6, 6.07) is -0.253. The summed E-state index contributed by atoms with van der Waals surface area (Å²) < 4.78 is 5.00. The van der Waals surface area contributed by atoms with Gasteiger partial charge in [-0.2, -0.15) is 0 Å². The fraction of sp³-hybridized carbons (Fsp3) is 0.667. The molecular weight excluding hydrogens is 234 g/mol. The van der Waals surface area contributed by atoms with Gasteiger partial charge in [-0.15, -0.1) is 0 Å². The molecule has 0 aliphatic carbocycles. The standard InChI is InChI=1S/C12H19N3O3/c1-2-18-11(16)9-7-13-12(17)14-10(9)8-15-5-3-4-6-15/h2-8H2,1H3,(H2,13,14,17). The number of hydrogen-bond acceptors (Lipinski definition) is 4. The average Bonchev–Trinajstić information content (AvgIpc) is 2.82. The molecule has 0 bridgehead atoms. The van der Waals surface area contributed by atoms with Crippen LogP contribution in [0.15, 0.2) is 11.3 Å². The third kappa shape index (κ3) is 3.01.